The third-order valence-electron chi connectivity index (χ3n) is 6.43. The van der Waals surface area contributed by atoms with Crippen LogP contribution in [0.15, 0.2) is 86.6 Å². The first-order chi connectivity index (χ1) is 19.9. The summed E-state index contributed by atoms with van der Waals surface area (Å²) in [5, 5.41) is 8.46. The lowest BCUT2D eigenvalue weighted by atomic mass is 10.1. The summed E-state index contributed by atoms with van der Waals surface area (Å²) in [5.41, 5.74) is 2.70. The van der Waals surface area contributed by atoms with Crippen LogP contribution in [0.3, 0.4) is 0 Å². The summed E-state index contributed by atoms with van der Waals surface area (Å²) in [5.74, 6) is 2.27. The molecule has 41 heavy (non-hydrogen) atoms. The molecule has 0 bridgehead atoms. The Hall–Kier alpha value is -5.58. The van der Waals surface area contributed by atoms with Gasteiger partial charge in [-0.05, 0) is 29.8 Å². The summed E-state index contributed by atoms with van der Waals surface area (Å²) in [6, 6.07) is 21.3. The Morgan fingerprint density at radius 2 is 1.51 bits per heavy atom. The number of methoxy groups -OCH3 is 1. The lowest BCUT2D eigenvalue weighted by Crippen LogP contribution is -2.23. The summed E-state index contributed by atoms with van der Waals surface area (Å²) >= 11 is 0. The van der Waals surface area contributed by atoms with Crippen LogP contribution in [0.5, 0.6) is 11.5 Å². The summed E-state index contributed by atoms with van der Waals surface area (Å²) in [7, 11) is 1.28. The van der Waals surface area contributed by atoms with Crippen LogP contribution < -0.4 is 10.3 Å². The summed E-state index contributed by atoms with van der Waals surface area (Å²) in [4.78, 5) is 34.3. The highest BCUT2D eigenvalue weighted by Crippen LogP contribution is 2.30. The second-order valence-electron chi connectivity index (χ2n) is 9.25. The molecule has 0 fully saturated rings. The van der Waals surface area contributed by atoms with Crippen molar-refractivity contribution < 1.29 is 23.3 Å². The van der Waals surface area contributed by atoms with Crippen LogP contribution in [0.25, 0.3) is 33.7 Å². The number of ether oxygens (including phenoxy) is 2. The van der Waals surface area contributed by atoms with Crippen molar-refractivity contribution in [3.05, 3.63) is 106 Å². The number of rotatable bonds is 7. The third-order valence-corrected chi connectivity index (χ3v) is 6.43. The highest BCUT2D eigenvalue weighted by atomic mass is 16.5. The minimum absolute atomic E-state index is 0.174. The normalized spacial score (nSPS) is 11.1. The van der Waals surface area contributed by atoms with Gasteiger partial charge < -0.3 is 23.1 Å². The minimum Gasteiger partial charge on any atom is -0.465 e. The number of hydrogen-bond acceptors (Lipinski definition) is 10. The van der Waals surface area contributed by atoms with Crippen molar-refractivity contribution in [2.75, 3.05) is 7.11 Å². The maximum Gasteiger partial charge on any atom is 0.338 e. The molecule has 3 heterocycles. The molecule has 0 aliphatic heterocycles. The fourth-order valence-corrected chi connectivity index (χ4v) is 4.48. The molecule has 0 radical (unpaired) electrons. The van der Waals surface area contributed by atoms with Crippen molar-refractivity contribution in [3.8, 4) is 34.3 Å². The largest absolute Gasteiger partial charge is 0.465 e. The van der Waals surface area contributed by atoms with Gasteiger partial charge in [0.15, 0.2) is 0 Å². The predicted octanol–water partition coefficient (Wildman–Crippen LogP) is 5.35. The standard InChI is InChI=1S/C30H23N5O6/c1-17-31-28(33-40-17)20-9-7-19(8-10-20)16-35-26-14-23(11-12-24(26)25(15-27(35)36)30(37)38-3)39-22-6-4-5-21(13-22)29-32-18(2)41-34-29/h4-15H,16H2,1-3H3. The van der Waals surface area contributed by atoms with Crippen LogP contribution in [0.2, 0.25) is 0 Å². The van der Waals surface area contributed by atoms with E-state index in [0.29, 0.717) is 45.8 Å². The molecule has 0 spiro atoms. The van der Waals surface area contributed by atoms with Crippen LogP contribution in [-0.2, 0) is 11.3 Å². The molecule has 0 unspecified atom stereocenters. The molecule has 0 saturated carbocycles. The zero-order chi connectivity index (χ0) is 28.5. The number of carbonyl (C=O) groups is 1. The highest BCUT2D eigenvalue weighted by molar-refractivity contribution is 6.03. The van der Waals surface area contributed by atoms with Gasteiger partial charge in [0.25, 0.3) is 5.56 Å². The smallest absolute Gasteiger partial charge is 0.338 e. The second-order valence-corrected chi connectivity index (χ2v) is 9.25. The van der Waals surface area contributed by atoms with Gasteiger partial charge in [0, 0.05) is 42.5 Å². The van der Waals surface area contributed by atoms with E-state index in [1.54, 1.807) is 48.7 Å². The molecule has 0 atom stereocenters. The van der Waals surface area contributed by atoms with E-state index in [9.17, 15) is 9.59 Å². The van der Waals surface area contributed by atoms with Gasteiger partial charge in [0.05, 0.1) is 24.7 Å². The Labute approximate surface area is 233 Å². The van der Waals surface area contributed by atoms with E-state index in [1.165, 1.54) is 13.2 Å². The van der Waals surface area contributed by atoms with Gasteiger partial charge in [0.2, 0.25) is 23.4 Å². The van der Waals surface area contributed by atoms with E-state index in [4.69, 9.17) is 18.5 Å². The molecule has 11 heteroatoms. The maximum atomic E-state index is 13.3. The van der Waals surface area contributed by atoms with Gasteiger partial charge in [-0.1, -0.05) is 46.7 Å². The number of hydrogen-bond donors (Lipinski definition) is 0. The molecule has 0 aliphatic rings. The number of pyridine rings is 1. The first-order valence-electron chi connectivity index (χ1n) is 12.6. The van der Waals surface area contributed by atoms with Crippen molar-refractivity contribution in [3.63, 3.8) is 0 Å². The van der Waals surface area contributed by atoms with Crippen LogP contribution >= 0.6 is 0 Å². The number of nitrogens with zero attached hydrogens (tertiary/aromatic N) is 5. The maximum absolute atomic E-state index is 13.3. The molecule has 6 aromatic rings. The van der Waals surface area contributed by atoms with E-state index in [-0.39, 0.29) is 17.7 Å². The van der Waals surface area contributed by atoms with Crippen molar-refractivity contribution >= 4 is 16.9 Å². The number of aryl methyl sites for hydroxylation is 2. The molecule has 6 rings (SSSR count). The molecule has 0 aliphatic carbocycles. The molecular formula is C30H23N5O6. The van der Waals surface area contributed by atoms with E-state index in [0.717, 1.165) is 16.7 Å². The van der Waals surface area contributed by atoms with Crippen molar-refractivity contribution in [2.24, 2.45) is 0 Å². The van der Waals surface area contributed by atoms with Gasteiger partial charge in [-0.25, -0.2) is 4.79 Å². The van der Waals surface area contributed by atoms with Crippen LogP contribution in [0, 0.1) is 13.8 Å². The third kappa shape index (κ3) is 5.20. The Morgan fingerprint density at radius 1 is 0.829 bits per heavy atom. The zero-order valence-corrected chi connectivity index (χ0v) is 22.3. The summed E-state index contributed by atoms with van der Waals surface area (Å²) in [6.07, 6.45) is 0. The minimum atomic E-state index is -0.601. The molecule has 0 saturated heterocycles. The van der Waals surface area contributed by atoms with Gasteiger partial charge in [-0.15, -0.1) is 0 Å². The first-order valence-corrected chi connectivity index (χ1v) is 12.6. The van der Waals surface area contributed by atoms with Crippen LogP contribution in [-0.4, -0.2) is 37.9 Å². The number of carbonyl (C=O) groups excluding carboxylic acids is 1. The van der Waals surface area contributed by atoms with Crippen molar-refractivity contribution in [1.82, 2.24) is 24.8 Å². The Bertz CT molecular complexity index is 1950. The Morgan fingerprint density at radius 3 is 2.17 bits per heavy atom. The van der Waals surface area contributed by atoms with Crippen molar-refractivity contribution in [1.29, 1.82) is 0 Å². The number of aromatic nitrogens is 5. The molecule has 3 aromatic carbocycles. The lowest BCUT2D eigenvalue weighted by molar-refractivity contribution is 0.0602. The molecular weight excluding hydrogens is 526 g/mol. The van der Waals surface area contributed by atoms with Gasteiger partial charge in [-0.2, -0.15) is 9.97 Å². The number of esters is 1. The molecule has 3 aromatic heterocycles. The van der Waals surface area contributed by atoms with Crippen LogP contribution in [0.1, 0.15) is 27.7 Å². The van der Waals surface area contributed by atoms with Crippen LogP contribution in [0.4, 0.5) is 0 Å². The predicted molar refractivity (Wildman–Crippen MR) is 148 cm³/mol. The average Bonchev–Trinajstić information content (AvgIpc) is 3.62. The Balaban J connectivity index is 1.37. The Kier molecular flexibility index (Phi) is 6.60. The zero-order valence-electron chi connectivity index (χ0n) is 22.3. The molecule has 204 valence electrons. The first kappa shape index (κ1) is 25.7. The van der Waals surface area contributed by atoms with E-state index in [2.05, 4.69) is 20.3 Å². The fraction of sp³-hybridized carbons (Fsp3) is 0.133. The van der Waals surface area contributed by atoms with Gasteiger partial charge >= 0.3 is 5.97 Å². The lowest BCUT2D eigenvalue weighted by Gasteiger charge is -2.15. The topological polar surface area (TPSA) is 135 Å². The number of fused-ring (bicyclic) bond motifs is 1. The van der Waals surface area contributed by atoms with Crippen molar-refractivity contribution in [2.45, 2.75) is 20.4 Å². The van der Waals surface area contributed by atoms with Gasteiger partial charge in [0.1, 0.15) is 11.5 Å². The summed E-state index contributed by atoms with van der Waals surface area (Å²) < 4.78 is 22.8. The monoisotopic (exact) mass is 549 g/mol. The summed E-state index contributed by atoms with van der Waals surface area (Å²) in [6.45, 7) is 3.69. The van der Waals surface area contributed by atoms with E-state index in [1.807, 2.05) is 36.4 Å². The fourth-order valence-electron chi connectivity index (χ4n) is 4.48. The molecule has 11 nitrogen and oxygen atoms in total. The molecule has 0 N–H and O–H groups in total. The average molecular weight is 550 g/mol. The SMILES string of the molecule is COC(=O)c1cc(=O)n(Cc2ccc(-c3noc(C)n3)cc2)c2cc(Oc3cccc(-c4noc(C)n4)c3)ccc12. The van der Waals surface area contributed by atoms with E-state index >= 15 is 0 Å². The molecule has 0 amide bonds. The quantitative estimate of drug-likeness (QED) is 0.240. The van der Waals surface area contributed by atoms with Gasteiger partial charge in [-0.3, -0.25) is 4.79 Å². The second kappa shape index (κ2) is 10.5. The highest BCUT2D eigenvalue weighted by Gasteiger charge is 2.17. The van der Waals surface area contributed by atoms with E-state index < -0.39 is 5.97 Å². The number of benzene rings is 3.